The van der Waals surface area contributed by atoms with Gasteiger partial charge in [-0.1, -0.05) is 36.4 Å². The lowest BCUT2D eigenvalue weighted by Gasteiger charge is -2.21. The van der Waals surface area contributed by atoms with Crippen molar-refractivity contribution in [2.24, 2.45) is 21.8 Å². The van der Waals surface area contributed by atoms with Gasteiger partial charge in [0, 0.05) is 12.2 Å². The maximum Gasteiger partial charge on any atom is 0.356 e. The van der Waals surface area contributed by atoms with E-state index in [1.807, 2.05) is 0 Å². The van der Waals surface area contributed by atoms with Crippen LogP contribution in [0.3, 0.4) is 0 Å². The lowest BCUT2D eigenvalue weighted by atomic mass is 10.3. The van der Waals surface area contributed by atoms with Crippen molar-refractivity contribution in [1.29, 1.82) is 0 Å². The Morgan fingerprint density at radius 1 is 0.694 bits per heavy atom. The molecule has 2 rings (SSSR count). The second-order valence-electron chi connectivity index (χ2n) is 7.62. The first kappa shape index (κ1) is 27.5. The van der Waals surface area contributed by atoms with Gasteiger partial charge in [0.15, 0.2) is 0 Å². The Bertz CT molecular complexity index is 988. The highest BCUT2D eigenvalue weighted by atomic mass is 16.7. The van der Waals surface area contributed by atoms with Crippen molar-refractivity contribution in [1.82, 2.24) is 0 Å². The molecule has 4 N–H and O–H groups in total. The van der Waals surface area contributed by atoms with Crippen molar-refractivity contribution in [3.63, 3.8) is 0 Å². The van der Waals surface area contributed by atoms with E-state index in [1.54, 1.807) is 88.4 Å². The van der Waals surface area contributed by atoms with Crippen molar-refractivity contribution in [2.45, 2.75) is 39.9 Å². The zero-order valence-corrected chi connectivity index (χ0v) is 20.5. The van der Waals surface area contributed by atoms with Crippen LogP contribution in [-0.2, 0) is 28.9 Å². The molecular formula is C24H30N6O6. The second-order valence-corrected chi connectivity index (χ2v) is 7.62. The summed E-state index contributed by atoms with van der Waals surface area (Å²) in [5.74, 6) is -2.34. The first-order valence-corrected chi connectivity index (χ1v) is 11.0. The van der Waals surface area contributed by atoms with Crippen LogP contribution in [0.15, 0.2) is 83.1 Å². The molecule has 0 radical (unpaired) electrons. The number of para-hydroxylation sites is 2. The van der Waals surface area contributed by atoms with Crippen molar-refractivity contribution < 1.29 is 28.9 Å². The van der Waals surface area contributed by atoms with E-state index in [9.17, 15) is 9.59 Å². The number of carbonyl (C=O) groups is 2. The molecule has 0 fully saturated rings. The Morgan fingerprint density at radius 3 is 1.33 bits per heavy atom. The summed E-state index contributed by atoms with van der Waals surface area (Å²) in [4.78, 5) is 45.7. The van der Waals surface area contributed by atoms with Gasteiger partial charge in [-0.2, -0.15) is 0 Å². The van der Waals surface area contributed by atoms with Crippen LogP contribution in [0.2, 0.25) is 0 Å². The number of nitrogens with two attached hydrogens (primary N) is 2. The van der Waals surface area contributed by atoms with Gasteiger partial charge in [0.05, 0.1) is 11.4 Å². The predicted molar refractivity (Wildman–Crippen MR) is 135 cm³/mol. The molecule has 0 spiro atoms. The van der Waals surface area contributed by atoms with Crippen molar-refractivity contribution in [2.75, 3.05) is 10.1 Å². The number of anilines is 2. The molecule has 0 saturated carbocycles. The molecule has 0 aromatic heterocycles. The number of guanidine groups is 2. The summed E-state index contributed by atoms with van der Waals surface area (Å²) >= 11 is 0. The lowest BCUT2D eigenvalue weighted by molar-refractivity contribution is -0.140. The second kappa shape index (κ2) is 13.8. The molecule has 12 nitrogen and oxygen atoms in total. The molecule has 0 saturated heterocycles. The number of carbonyl (C=O) groups excluding carboxylic acids is 2. The molecule has 0 atom stereocenters. The van der Waals surface area contributed by atoms with Crippen LogP contribution < -0.4 is 21.6 Å². The molecule has 0 aliphatic heterocycles. The van der Waals surface area contributed by atoms with Gasteiger partial charge in [-0.3, -0.25) is 0 Å². The average Bonchev–Trinajstić information content (AvgIpc) is 2.87. The highest BCUT2D eigenvalue weighted by Crippen LogP contribution is 2.15. The van der Waals surface area contributed by atoms with E-state index < -0.39 is 11.9 Å². The molecule has 0 heterocycles. The maximum absolute atomic E-state index is 12.4. The van der Waals surface area contributed by atoms with E-state index in [1.165, 1.54) is 0 Å². The maximum atomic E-state index is 12.4. The van der Waals surface area contributed by atoms with E-state index in [-0.39, 0.29) is 24.1 Å². The quantitative estimate of drug-likeness (QED) is 0.240. The van der Waals surface area contributed by atoms with Crippen LogP contribution in [-0.4, -0.2) is 36.1 Å². The molecule has 36 heavy (non-hydrogen) atoms. The SMILES string of the molecule is CC(C)ON=C(N)N(OC(=O)/C=C/C(=O)ON(C(N)=NOC(C)C)c1ccccc1)c1ccccc1. The van der Waals surface area contributed by atoms with E-state index in [0.29, 0.717) is 11.4 Å². The van der Waals surface area contributed by atoms with Gasteiger partial charge in [0.2, 0.25) is 0 Å². The minimum atomic E-state index is -0.936. The average molecular weight is 499 g/mol. The van der Waals surface area contributed by atoms with Gasteiger partial charge in [-0.05, 0) is 62.3 Å². The minimum absolute atomic E-state index is 0.233. The number of oxime groups is 2. The smallest absolute Gasteiger partial charge is 0.356 e. The van der Waals surface area contributed by atoms with Gasteiger partial charge >= 0.3 is 11.9 Å². The summed E-state index contributed by atoms with van der Waals surface area (Å²) in [6.45, 7) is 7.04. The summed E-state index contributed by atoms with van der Waals surface area (Å²) in [6, 6.07) is 17.0. The van der Waals surface area contributed by atoms with Gasteiger partial charge in [-0.15, -0.1) is 10.1 Å². The summed E-state index contributed by atoms with van der Waals surface area (Å²) in [7, 11) is 0. The first-order chi connectivity index (χ1) is 17.2. The topological polar surface area (TPSA) is 154 Å². The van der Waals surface area contributed by atoms with Crippen LogP contribution in [0.1, 0.15) is 27.7 Å². The standard InChI is InChI=1S/C24H30N6O6/c1-17(2)33-27-23(25)29(19-11-7-5-8-12-19)35-21(31)15-16-22(32)36-30(20-13-9-6-10-14-20)24(26)28-34-18(3)4/h5-18H,1-4H3,(H2,25,27)(H2,26,28)/b16-15+. The molecule has 0 bridgehead atoms. The van der Waals surface area contributed by atoms with Crippen molar-refractivity contribution >= 4 is 35.2 Å². The first-order valence-electron chi connectivity index (χ1n) is 11.0. The molecule has 2 aromatic carbocycles. The number of benzene rings is 2. The van der Waals surface area contributed by atoms with Crippen LogP contribution >= 0.6 is 0 Å². The molecule has 0 aliphatic carbocycles. The van der Waals surface area contributed by atoms with Crippen molar-refractivity contribution in [3.8, 4) is 0 Å². The fourth-order valence-corrected chi connectivity index (χ4v) is 2.36. The molecule has 0 amide bonds. The number of rotatable bonds is 8. The Labute approximate surface area is 209 Å². The number of nitrogens with zero attached hydrogens (tertiary/aromatic N) is 4. The summed E-state index contributed by atoms with van der Waals surface area (Å²) in [5.41, 5.74) is 12.7. The number of hydrogen-bond donors (Lipinski definition) is 2. The normalized spacial score (nSPS) is 11.9. The molecule has 0 aliphatic rings. The van der Waals surface area contributed by atoms with E-state index in [0.717, 1.165) is 22.3 Å². The van der Waals surface area contributed by atoms with Crippen LogP contribution in [0, 0.1) is 0 Å². The number of hydroxylamine groups is 2. The zero-order chi connectivity index (χ0) is 26.5. The highest BCUT2D eigenvalue weighted by Gasteiger charge is 2.19. The Morgan fingerprint density at radius 2 is 1.03 bits per heavy atom. The van der Waals surface area contributed by atoms with E-state index >= 15 is 0 Å². The minimum Gasteiger partial charge on any atom is -0.390 e. The van der Waals surface area contributed by atoms with Gasteiger partial charge in [0.25, 0.3) is 11.9 Å². The largest absolute Gasteiger partial charge is 0.390 e. The van der Waals surface area contributed by atoms with Crippen LogP contribution in [0.5, 0.6) is 0 Å². The fourth-order valence-electron chi connectivity index (χ4n) is 2.36. The summed E-state index contributed by atoms with van der Waals surface area (Å²) in [5, 5.41) is 9.43. The number of hydrogen-bond acceptors (Lipinski definition) is 8. The molecular weight excluding hydrogens is 468 g/mol. The predicted octanol–water partition coefficient (Wildman–Crippen LogP) is 2.78. The third-order valence-corrected chi connectivity index (χ3v) is 3.83. The summed E-state index contributed by atoms with van der Waals surface area (Å²) in [6.07, 6.45) is 1.22. The van der Waals surface area contributed by atoms with Gasteiger partial charge in [-0.25, -0.2) is 9.59 Å². The molecule has 12 heteroatoms. The monoisotopic (exact) mass is 498 g/mol. The molecule has 192 valence electrons. The Balaban J connectivity index is 2.14. The van der Waals surface area contributed by atoms with E-state index in [4.69, 9.17) is 30.8 Å². The third-order valence-electron chi connectivity index (χ3n) is 3.83. The van der Waals surface area contributed by atoms with E-state index in [2.05, 4.69) is 10.3 Å². The van der Waals surface area contributed by atoms with Gasteiger partial charge in [0.1, 0.15) is 12.2 Å². The van der Waals surface area contributed by atoms with Gasteiger partial charge < -0.3 is 30.8 Å². The van der Waals surface area contributed by atoms with Crippen molar-refractivity contribution in [3.05, 3.63) is 72.8 Å². The lowest BCUT2D eigenvalue weighted by Crippen LogP contribution is -2.40. The molecule has 2 aromatic rings. The third kappa shape index (κ3) is 9.25. The molecule has 0 unspecified atom stereocenters. The van der Waals surface area contributed by atoms with Crippen LogP contribution in [0.4, 0.5) is 11.4 Å². The van der Waals surface area contributed by atoms with Crippen LogP contribution in [0.25, 0.3) is 0 Å². The zero-order valence-electron chi connectivity index (χ0n) is 20.5. The highest BCUT2D eigenvalue weighted by molar-refractivity contribution is 5.99. The Kier molecular flexibility index (Phi) is 10.6. The Hall–Kier alpha value is -4.74. The fraction of sp³-hybridized carbons (Fsp3) is 0.250. The summed E-state index contributed by atoms with van der Waals surface area (Å²) < 4.78 is 0.